The lowest BCUT2D eigenvalue weighted by molar-refractivity contribution is -0.154. The molecule has 0 radical (unpaired) electrons. The molecule has 26 nitrogen and oxygen atoms in total. The fourth-order valence-electron chi connectivity index (χ4n) is 8.69. The van der Waals surface area contributed by atoms with Gasteiger partial charge in [-0.05, 0) is 24.3 Å². The van der Waals surface area contributed by atoms with Crippen LogP contribution in [0.25, 0.3) is 0 Å². The van der Waals surface area contributed by atoms with E-state index in [0.29, 0.717) is 0 Å². The van der Waals surface area contributed by atoms with Crippen LogP contribution in [0.15, 0.2) is 42.5 Å². The first kappa shape index (κ1) is 59.4. The molecule has 5 atom stereocenters. The Bertz CT molecular complexity index is 3220. The highest BCUT2D eigenvalue weighted by Crippen LogP contribution is 2.59. The van der Waals surface area contributed by atoms with Gasteiger partial charge < -0.3 is 66.3 Å². The smallest absolute Gasteiger partial charge is 0.308 e. The molecule has 26 heteroatoms. The van der Waals surface area contributed by atoms with Crippen molar-refractivity contribution in [1.29, 1.82) is 0 Å². The molecule has 2 heterocycles. The van der Waals surface area contributed by atoms with Crippen LogP contribution < -0.4 is 56.8 Å². The van der Waals surface area contributed by atoms with E-state index in [0.717, 1.165) is 126 Å². The Morgan fingerprint density at radius 1 is 0.350 bits per heavy atom. The normalized spacial score (nSPS) is 16.6. The van der Waals surface area contributed by atoms with Crippen LogP contribution in [0.3, 0.4) is 0 Å². The van der Waals surface area contributed by atoms with Gasteiger partial charge in [0.1, 0.15) is 40.6 Å². The number of hydrogen-bond acceptors (Lipinski definition) is 26. The van der Waals surface area contributed by atoms with Crippen molar-refractivity contribution < 1.29 is 124 Å². The predicted octanol–water partition coefficient (Wildman–Crippen LogP) is 5.74. The molecule has 0 bridgehead atoms. The molecule has 0 aliphatic carbocycles. The zero-order chi connectivity index (χ0) is 59.2. The van der Waals surface area contributed by atoms with Gasteiger partial charge >= 0.3 is 71.6 Å². The minimum absolute atomic E-state index is 0.0517. The summed E-state index contributed by atoms with van der Waals surface area (Å²) in [4.78, 5) is 154. The van der Waals surface area contributed by atoms with Crippen LogP contribution in [0.1, 0.15) is 129 Å². The van der Waals surface area contributed by atoms with Crippen LogP contribution in [0, 0.1) is 0 Å². The third-order valence-corrected chi connectivity index (χ3v) is 10.8. The molecule has 6 rings (SSSR count). The Labute approximate surface area is 453 Å². The summed E-state index contributed by atoms with van der Waals surface area (Å²) in [7, 11) is 0. The fourth-order valence-corrected chi connectivity index (χ4v) is 8.69. The molecular formula is C54H50O26. The standard InChI is InChI=1S/C54H50O26/c1-21(55)67-35-17-38(68-22(2)56)46-39(18-35)80-50(34-15-43(72-26(6)60)53(77-31(11)65)44(16-34)73-27(7)61)54(78-32(12)66)48(46)47-40(69-23(3)57)20-37-36(51(47)75-29(9)63)19-45(74-28(8)62)49(79-37)33-13-41(70-24(4)58)52(76-30(10)64)42(14-33)71-25(5)59/h13-18,20,45,48-50,54H,19H2,1-12H3/t45-,48-,49-,50-,54-/m1/s1. The molecule has 0 saturated carbocycles. The lowest BCUT2D eigenvalue weighted by Gasteiger charge is -2.41. The molecule has 2 aliphatic heterocycles. The molecule has 0 N–H and O–H groups in total. The molecule has 0 saturated heterocycles. The van der Waals surface area contributed by atoms with E-state index < -0.39 is 160 Å². The summed E-state index contributed by atoms with van der Waals surface area (Å²) in [5, 5.41) is 0. The highest BCUT2D eigenvalue weighted by Gasteiger charge is 2.50. The lowest BCUT2D eigenvalue weighted by Crippen LogP contribution is -2.40. The number of ether oxygens (including phenoxy) is 14. The lowest BCUT2D eigenvalue weighted by atomic mass is 9.77. The number of carbonyl (C=O) groups is 12. The molecule has 422 valence electrons. The first-order valence-corrected chi connectivity index (χ1v) is 23.7. The van der Waals surface area contributed by atoms with Crippen molar-refractivity contribution in [3.63, 3.8) is 0 Å². The summed E-state index contributed by atoms with van der Waals surface area (Å²) in [6.07, 6.45) is -7.16. The van der Waals surface area contributed by atoms with Gasteiger partial charge in [0.2, 0.25) is 11.5 Å². The van der Waals surface area contributed by atoms with Crippen molar-refractivity contribution in [2.75, 3.05) is 0 Å². The van der Waals surface area contributed by atoms with E-state index in [9.17, 15) is 57.5 Å². The first-order valence-electron chi connectivity index (χ1n) is 23.7. The number of benzene rings is 4. The highest BCUT2D eigenvalue weighted by atomic mass is 16.6. The maximum Gasteiger partial charge on any atom is 0.308 e. The van der Waals surface area contributed by atoms with Crippen molar-refractivity contribution >= 4 is 71.6 Å². The van der Waals surface area contributed by atoms with Gasteiger partial charge in [0.25, 0.3) is 0 Å². The Hall–Kier alpha value is -9.88. The number of carbonyl (C=O) groups excluding carboxylic acids is 12. The number of fused-ring (bicyclic) bond motifs is 2. The number of rotatable bonds is 15. The quantitative estimate of drug-likeness (QED) is 0.101. The highest BCUT2D eigenvalue weighted by molar-refractivity contribution is 5.82. The number of hydrogen-bond donors (Lipinski definition) is 0. The molecule has 0 fully saturated rings. The van der Waals surface area contributed by atoms with Crippen molar-refractivity contribution in [3.8, 4) is 69.0 Å². The van der Waals surface area contributed by atoms with Crippen LogP contribution in [-0.4, -0.2) is 83.8 Å². The minimum Gasteiger partial charge on any atom is -0.481 e. The van der Waals surface area contributed by atoms with Gasteiger partial charge in [0.05, 0.1) is 5.92 Å². The van der Waals surface area contributed by atoms with Crippen molar-refractivity contribution in [2.45, 2.75) is 120 Å². The average Bonchev–Trinajstić information content (AvgIpc) is 3.50. The largest absolute Gasteiger partial charge is 0.481 e. The second-order valence-corrected chi connectivity index (χ2v) is 17.5. The maximum absolute atomic E-state index is 13.6. The Balaban J connectivity index is 1.78. The molecule has 0 aromatic heterocycles. The summed E-state index contributed by atoms with van der Waals surface area (Å²) in [5.41, 5.74) is -0.978. The zero-order valence-corrected chi connectivity index (χ0v) is 44.7. The Morgan fingerprint density at radius 3 is 1.11 bits per heavy atom. The van der Waals surface area contributed by atoms with Crippen molar-refractivity contribution in [1.82, 2.24) is 0 Å². The van der Waals surface area contributed by atoms with Crippen LogP contribution in [0.5, 0.6) is 69.0 Å². The SMILES string of the molecule is CC(=O)Oc1cc(OC(C)=O)c2c(c1)O[C@H](c1cc(OC(C)=O)c(OC(C)=O)c(OC(C)=O)c1)[C@H](OC(C)=O)[C@H]2c1c(OC(C)=O)cc2c(c1OC(C)=O)C[C@@H](OC(C)=O)[C@@H](c1cc(OC(C)=O)c(OC(C)=O)c(OC(C)=O)c1)O2. The van der Waals surface area contributed by atoms with Gasteiger partial charge in [-0.1, -0.05) is 0 Å². The van der Waals surface area contributed by atoms with Gasteiger partial charge in [-0.15, -0.1) is 0 Å². The summed E-state index contributed by atoms with van der Waals surface area (Å²) in [6.45, 7) is 12.1. The monoisotopic (exact) mass is 1110 g/mol. The average molecular weight is 1110 g/mol. The van der Waals surface area contributed by atoms with Gasteiger partial charge in [0, 0.05) is 136 Å². The first-order chi connectivity index (χ1) is 37.5. The van der Waals surface area contributed by atoms with Crippen LogP contribution in [0.4, 0.5) is 0 Å². The third kappa shape index (κ3) is 14.4. The van der Waals surface area contributed by atoms with E-state index >= 15 is 0 Å². The minimum atomic E-state index is -1.89. The second-order valence-electron chi connectivity index (χ2n) is 17.5. The molecule has 0 amide bonds. The van der Waals surface area contributed by atoms with E-state index in [2.05, 4.69) is 0 Å². The van der Waals surface area contributed by atoms with E-state index in [1.165, 1.54) is 0 Å². The summed E-state index contributed by atoms with van der Waals surface area (Å²) in [5.74, 6) is -18.8. The topological polar surface area (TPSA) is 334 Å². The maximum atomic E-state index is 13.6. The van der Waals surface area contributed by atoms with Gasteiger partial charge in [-0.3, -0.25) is 57.5 Å². The van der Waals surface area contributed by atoms with Crippen molar-refractivity contribution in [2.24, 2.45) is 0 Å². The van der Waals surface area contributed by atoms with E-state index in [1.807, 2.05) is 0 Å². The summed E-state index contributed by atoms with van der Waals surface area (Å²) >= 11 is 0. The Morgan fingerprint density at radius 2 is 0.713 bits per heavy atom. The number of esters is 12. The van der Waals surface area contributed by atoms with E-state index in [4.69, 9.17) is 66.3 Å². The summed E-state index contributed by atoms with van der Waals surface area (Å²) in [6, 6.07) is 7.91. The van der Waals surface area contributed by atoms with Gasteiger partial charge in [-0.2, -0.15) is 0 Å². The predicted molar refractivity (Wildman–Crippen MR) is 262 cm³/mol. The molecular weight excluding hydrogens is 1060 g/mol. The van der Waals surface area contributed by atoms with E-state index in [1.54, 1.807) is 0 Å². The van der Waals surface area contributed by atoms with Crippen molar-refractivity contribution in [3.05, 3.63) is 70.3 Å². The molecule has 0 unspecified atom stereocenters. The van der Waals surface area contributed by atoms with Gasteiger partial charge in [-0.25, -0.2) is 0 Å². The fraction of sp³-hybridized carbons (Fsp3) is 0.333. The second kappa shape index (κ2) is 24.6. The summed E-state index contributed by atoms with van der Waals surface area (Å²) < 4.78 is 80.5. The molecule has 2 aliphatic rings. The van der Waals surface area contributed by atoms with E-state index in [-0.39, 0.29) is 45.1 Å². The van der Waals surface area contributed by atoms with Crippen LogP contribution in [-0.2, 0) is 73.4 Å². The molecule has 80 heavy (non-hydrogen) atoms. The third-order valence-electron chi connectivity index (χ3n) is 10.8. The van der Waals surface area contributed by atoms with Crippen LogP contribution >= 0.6 is 0 Å². The molecule has 4 aromatic carbocycles. The van der Waals surface area contributed by atoms with Crippen LogP contribution in [0.2, 0.25) is 0 Å². The zero-order valence-electron chi connectivity index (χ0n) is 44.7. The molecule has 4 aromatic rings. The van der Waals surface area contributed by atoms with Gasteiger partial charge in [0.15, 0.2) is 41.3 Å². The Kier molecular flexibility index (Phi) is 18.3. The molecule has 0 spiro atoms.